The van der Waals surface area contributed by atoms with Crippen LogP contribution in [-0.4, -0.2) is 12.9 Å². The van der Waals surface area contributed by atoms with Gasteiger partial charge in [-0.2, -0.15) is 0 Å². The van der Waals surface area contributed by atoms with Gasteiger partial charge < -0.3 is 4.74 Å². The number of hydrogen-bond acceptors (Lipinski definition) is 3. The van der Waals surface area contributed by atoms with Crippen molar-refractivity contribution >= 4 is 33.3 Å². The third-order valence-electron chi connectivity index (χ3n) is 3.89. The Bertz CT molecular complexity index is 907. The summed E-state index contributed by atoms with van der Waals surface area (Å²) < 4.78 is 6.22. The summed E-state index contributed by atoms with van der Waals surface area (Å²) in [7, 11) is 1.54. The number of methoxy groups -OCH3 is 1. The molecule has 1 heterocycles. The molecule has 1 aromatic carbocycles. The molecule has 0 saturated carbocycles. The van der Waals surface area contributed by atoms with Gasteiger partial charge >= 0.3 is 0 Å². The van der Waals surface area contributed by atoms with E-state index in [0.29, 0.717) is 16.9 Å². The first-order valence-corrected chi connectivity index (χ1v) is 8.76. The van der Waals surface area contributed by atoms with Gasteiger partial charge in [0.2, 0.25) is 0 Å². The van der Waals surface area contributed by atoms with Crippen LogP contribution >= 0.6 is 11.3 Å². The molecule has 2 nitrogen and oxygen atoms in total. The molecule has 0 fully saturated rings. The van der Waals surface area contributed by atoms with Crippen molar-refractivity contribution in [2.75, 3.05) is 7.11 Å². The van der Waals surface area contributed by atoms with Crippen LogP contribution in [0.25, 0.3) is 16.2 Å². The van der Waals surface area contributed by atoms with E-state index >= 15 is 0 Å². The van der Waals surface area contributed by atoms with E-state index in [0.717, 1.165) is 4.88 Å². The number of ketones is 1. The number of thiophene rings is 1. The lowest BCUT2D eigenvalue weighted by Crippen LogP contribution is -2.01. The van der Waals surface area contributed by atoms with Crippen molar-refractivity contribution in [3.63, 3.8) is 0 Å². The SMILES string of the molecule is C=C(C=CC(=CC)C(=O)C(=C)C=Cc1sc2ccccc2c1C)OC. The van der Waals surface area contributed by atoms with Gasteiger partial charge in [0.05, 0.1) is 7.11 Å². The first kappa shape index (κ1) is 18.7. The molecule has 2 aromatic rings. The van der Waals surface area contributed by atoms with Crippen molar-refractivity contribution in [1.29, 1.82) is 0 Å². The molecule has 0 atom stereocenters. The number of rotatable bonds is 7. The number of ether oxygens (including phenoxy) is 1. The lowest BCUT2D eigenvalue weighted by molar-refractivity contribution is -0.111. The van der Waals surface area contributed by atoms with Crippen LogP contribution in [0.4, 0.5) is 0 Å². The van der Waals surface area contributed by atoms with Crippen LogP contribution < -0.4 is 0 Å². The van der Waals surface area contributed by atoms with Gasteiger partial charge in [0, 0.05) is 20.7 Å². The van der Waals surface area contributed by atoms with Gasteiger partial charge in [-0.3, -0.25) is 4.79 Å². The molecule has 0 aliphatic carbocycles. The zero-order valence-corrected chi connectivity index (χ0v) is 15.7. The van der Waals surface area contributed by atoms with E-state index in [2.05, 4.69) is 32.2 Å². The summed E-state index contributed by atoms with van der Waals surface area (Å²) in [6.07, 6.45) is 8.86. The number of fused-ring (bicyclic) bond motifs is 1. The number of carbonyl (C=O) groups excluding carboxylic acids is 1. The number of benzene rings is 1. The van der Waals surface area contributed by atoms with Crippen LogP contribution in [0.5, 0.6) is 0 Å². The first-order chi connectivity index (χ1) is 12.0. The molecule has 25 heavy (non-hydrogen) atoms. The maximum absolute atomic E-state index is 12.5. The fourth-order valence-corrected chi connectivity index (χ4v) is 3.46. The summed E-state index contributed by atoms with van der Waals surface area (Å²) in [6, 6.07) is 8.29. The van der Waals surface area contributed by atoms with Crippen LogP contribution in [0.15, 0.2) is 78.6 Å². The highest BCUT2D eigenvalue weighted by Gasteiger charge is 2.09. The van der Waals surface area contributed by atoms with Crippen molar-refractivity contribution in [2.24, 2.45) is 0 Å². The Morgan fingerprint density at radius 2 is 1.88 bits per heavy atom. The largest absolute Gasteiger partial charge is 0.497 e. The Morgan fingerprint density at radius 3 is 2.52 bits per heavy atom. The standard InChI is InChI=1S/C22H22O2S/c1-6-18(13-12-16(3)24-5)22(23)15(2)11-14-20-17(4)19-9-7-8-10-21(19)25-20/h6-14H,2-3H2,1,4-5H3. The number of hydrogen-bond donors (Lipinski definition) is 0. The van der Waals surface area contributed by atoms with E-state index in [9.17, 15) is 4.79 Å². The van der Waals surface area contributed by atoms with Gasteiger partial charge in [-0.1, -0.05) is 43.5 Å². The Kier molecular flexibility index (Phi) is 6.31. The summed E-state index contributed by atoms with van der Waals surface area (Å²) in [4.78, 5) is 13.7. The second kappa shape index (κ2) is 8.45. The van der Waals surface area contributed by atoms with Gasteiger partial charge in [-0.15, -0.1) is 11.3 Å². The highest BCUT2D eigenvalue weighted by molar-refractivity contribution is 7.20. The number of allylic oxidation sites excluding steroid dienone is 6. The molecule has 0 N–H and O–H groups in total. The number of carbonyl (C=O) groups is 1. The maximum Gasteiger partial charge on any atom is 0.192 e. The average Bonchev–Trinajstić information content (AvgIpc) is 2.95. The van der Waals surface area contributed by atoms with E-state index in [1.807, 2.05) is 25.1 Å². The summed E-state index contributed by atoms with van der Waals surface area (Å²) in [5.74, 6) is 0.381. The molecule has 0 aliphatic rings. The fraction of sp³-hybridized carbons (Fsp3) is 0.136. The van der Waals surface area contributed by atoms with E-state index in [4.69, 9.17) is 4.74 Å². The minimum atomic E-state index is -0.113. The normalized spacial score (nSPS) is 12.2. The van der Waals surface area contributed by atoms with Crippen molar-refractivity contribution in [3.8, 4) is 0 Å². The zero-order valence-electron chi connectivity index (χ0n) is 14.8. The zero-order chi connectivity index (χ0) is 18.4. The van der Waals surface area contributed by atoms with Gasteiger partial charge in [0.15, 0.2) is 5.78 Å². The molecule has 0 spiro atoms. The lowest BCUT2D eigenvalue weighted by Gasteiger charge is -2.02. The highest BCUT2D eigenvalue weighted by Crippen LogP contribution is 2.31. The monoisotopic (exact) mass is 350 g/mol. The molecule has 0 bridgehead atoms. The summed E-state index contributed by atoms with van der Waals surface area (Å²) >= 11 is 1.71. The molecule has 0 amide bonds. The Hall–Kier alpha value is -2.65. The average molecular weight is 350 g/mol. The summed E-state index contributed by atoms with van der Waals surface area (Å²) in [5.41, 5.74) is 2.22. The van der Waals surface area contributed by atoms with E-state index in [-0.39, 0.29) is 5.78 Å². The van der Waals surface area contributed by atoms with Crippen LogP contribution in [0.3, 0.4) is 0 Å². The van der Waals surface area contributed by atoms with Crippen LogP contribution in [0.1, 0.15) is 17.4 Å². The minimum Gasteiger partial charge on any atom is -0.497 e. The fourth-order valence-electron chi connectivity index (χ4n) is 2.34. The topological polar surface area (TPSA) is 26.3 Å². The van der Waals surface area contributed by atoms with E-state index < -0.39 is 0 Å². The molecule has 2 rings (SSSR count). The van der Waals surface area contributed by atoms with Crippen molar-refractivity contribution in [2.45, 2.75) is 13.8 Å². The third kappa shape index (κ3) is 4.46. The third-order valence-corrected chi connectivity index (χ3v) is 5.13. The molecule has 128 valence electrons. The molecule has 3 heteroatoms. The van der Waals surface area contributed by atoms with Gasteiger partial charge in [-0.05, 0) is 49.1 Å². The molecular formula is C22H22O2S. The quantitative estimate of drug-likeness (QED) is 0.347. The van der Waals surface area contributed by atoms with Crippen molar-refractivity contribution < 1.29 is 9.53 Å². The molecule has 1 aromatic heterocycles. The van der Waals surface area contributed by atoms with Gasteiger partial charge in [0.25, 0.3) is 0 Å². The summed E-state index contributed by atoms with van der Waals surface area (Å²) in [5, 5.41) is 1.25. The van der Waals surface area contributed by atoms with E-state index in [1.165, 1.54) is 15.6 Å². The highest BCUT2D eigenvalue weighted by atomic mass is 32.1. The predicted octanol–water partition coefficient (Wildman–Crippen LogP) is 6.01. The molecule has 0 saturated heterocycles. The predicted molar refractivity (Wildman–Crippen MR) is 109 cm³/mol. The second-order valence-corrected chi connectivity index (χ2v) is 6.61. The van der Waals surface area contributed by atoms with Crippen LogP contribution in [0.2, 0.25) is 0 Å². The summed E-state index contributed by atoms with van der Waals surface area (Å²) in [6.45, 7) is 11.5. The van der Waals surface area contributed by atoms with Crippen molar-refractivity contribution in [3.05, 3.63) is 89.1 Å². The van der Waals surface area contributed by atoms with E-state index in [1.54, 1.807) is 42.8 Å². The molecule has 0 aliphatic heterocycles. The molecular weight excluding hydrogens is 328 g/mol. The van der Waals surface area contributed by atoms with Crippen LogP contribution in [0, 0.1) is 6.92 Å². The van der Waals surface area contributed by atoms with Crippen LogP contribution in [-0.2, 0) is 9.53 Å². The Morgan fingerprint density at radius 1 is 1.16 bits per heavy atom. The Labute approximate surface area is 153 Å². The Balaban J connectivity index is 2.18. The smallest absolute Gasteiger partial charge is 0.192 e. The second-order valence-electron chi connectivity index (χ2n) is 5.52. The number of aryl methyl sites for hydroxylation is 1. The minimum absolute atomic E-state index is 0.113. The maximum atomic E-state index is 12.5. The lowest BCUT2D eigenvalue weighted by atomic mass is 10.0. The van der Waals surface area contributed by atoms with Crippen molar-refractivity contribution in [1.82, 2.24) is 0 Å². The van der Waals surface area contributed by atoms with Gasteiger partial charge in [-0.25, -0.2) is 0 Å². The molecule has 0 radical (unpaired) electrons. The van der Waals surface area contributed by atoms with Gasteiger partial charge in [0.1, 0.15) is 5.76 Å². The molecule has 0 unspecified atom stereocenters. The number of Topliss-reactive ketones (excluding diaryl/α,β-unsaturated/α-hetero) is 1. The first-order valence-electron chi connectivity index (χ1n) is 7.95.